The lowest BCUT2D eigenvalue weighted by Crippen LogP contribution is -2.66. The molecular formula is C14H30N2. The van der Waals surface area contributed by atoms with Crippen molar-refractivity contribution < 1.29 is 0 Å². The Morgan fingerprint density at radius 1 is 1.38 bits per heavy atom. The molecule has 1 fully saturated rings. The molecule has 1 N–H and O–H groups in total. The fourth-order valence-electron chi connectivity index (χ4n) is 2.89. The van der Waals surface area contributed by atoms with Crippen molar-refractivity contribution in [1.82, 2.24) is 10.2 Å². The molecule has 16 heavy (non-hydrogen) atoms. The molecule has 1 aliphatic rings. The van der Waals surface area contributed by atoms with Crippen LogP contribution in [0.25, 0.3) is 0 Å². The second-order valence-corrected chi connectivity index (χ2v) is 6.33. The van der Waals surface area contributed by atoms with Crippen molar-refractivity contribution in [1.29, 1.82) is 0 Å². The highest BCUT2D eigenvalue weighted by Gasteiger charge is 2.39. The van der Waals surface area contributed by atoms with Gasteiger partial charge < -0.3 is 5.32 Å². The van der Waals surface area contributed by atoms with Crippen LogP contribution in [-0.4, -0.2) is 35.1 Å². The summed E-state index contributed by atoms with van der Waals surface area (Å²) in [6, 6.07) is 0.654. The van der Waals surface area contributed by atoms with Crippen LogP contribution in [0, 0.1) is 0 Å². The normalized spacial score (nSPS) is 33.0. The lowest BCUT2D eigenvalue weighted by Gasteiger charge is -2.52. The highest BCUT2D eigenvalue weighted by molar-refractivity contribution is 4.98. The number of piperazine rings is 1. The number of rotatable bonds is 4. The van der Waals surface area contributed by atoms with Gasteiger partial charge in [0.05, 0.1) is 0 Å². The minimum atomic E-state index is 0.303. The summed E-state index contributed by atoms with van der Waals surface area (Å²) >= 11 is 0. The zero-order chi connectivity index (χ0) is 12.4. The molecule has 0 radical (unpaired) electrons. The van der Waals surface area contributed by atoms with Crippen LogP contribution in [0.2, 0.25) is 0 Å². The molecule has 0 saturated carbocycles. The van der Waals surface area contributed by atoms with E-state index in [4.69, 9.17) is 0 Å². The monoisotopic (exact) mass is 226 g/mol. The third-order valence-corrected chi connectivity index (χ3v) is 4.30. The first-order chi connectivity index (χ1) is 7.34. The second kappa shape index (κ2) is 5.05. The van der Waals surface area contributed by atoms with Crippen molar-refractivity contribution in [3.8, 4) is 0 Å². The Bertz CT molecular complexity index is 225. The van der Waals surface area contributed by atoms with Gasteiger partial charge in [-0.15, -0.1) is 0 Å². The van der Waals surface area contributed by atoms with Crippen LogP contribution >= 0.6 is 0 Å². The predicted molar refractivity (Wildman–Crippen MR) is 71.9 cm³/mol. The van der Waals surface area contributed by atoms with E-state index in [0.29, 0.717) is 17.1 Å². The number of hydrogen-bond donors (Lipinski definition) is 1. The second-order valence-electron chi connectivity index (χ2n) is 6.33. The van der Waals surface area contributed by atoms with Crippen LogP contribution in [0.15, 0.2) is 0 Å². The predicted octanol–water partition coefficient (Wildman–Crippen LogP) is 3.03. The van der Waals surface area contributed by atoms with Crippen molar-refractivity contribution in [2.75, 3.05) is 13.1 Å². The highest BCUT2D eigenvalue weighted by Crippen LogP contribution is 2.29. The summed E-state index contributed by atoms with van der Waals surface area (Å²) < 4.78 is 0. The Hall–Kier alpha value is -0.0800. The maximum Gasteiger partial charge on any atom is 0.0278 e. The average Bonchev–Trinajstić information content (AvgIpc) is 2.22. The minimum Gasteiger partial charge on any atom is -0.309 e. The molecule has 2 heteroatoms. The maximum absolute atomic E-state index is 3.70. The Kier molecular flexibility index (Phi) is 4.42. The van der Waals surface area contributed by atoms with Gasteiger partial charge in [0.2, 0.25) is 0 Å². The molecule has 0 amide bonds. The Balaban J connectivity index is 2.76. The molecular weight excluding hydrogens is 196 g/mol. The fraction of sp³-hybridized carbons (Fsp3) is 1.00. The summed E-state index contributed by atoms with van der Waals surface area (Å²) in [6.45, 7) is 16.4. The quantitative estimate of drug-likeness (QED) is 0.792. The SMILES string of the molecule is CCCC(C)(C)N1CC(C)(CC)NCC1C. The first-order valence-electron chi connectivity index (χ1n) is 6.86. The molecule has 1 aliphatic heterocycles. The first kappa shape index (κ1) is 14.0. The van der Waals surface area contributed by atoms with Crippen molar-refractivity contribution in [3.63, 3.8) is 0 Å². The van der Waals surface area contributed by atoms with Gasteiger partial charge in [0.15, 0.2) is 0 Å². The maximum atomic E-state index is 3.70. The fourth-order valence-corrected chi connectivity index (χ4v) is 2.89. The van der Waals surface area contributed by atoms with Gasteiger partial charge in [-0.3, -0.25) is 4.90 Å². The van der Waals surface area contributed by atoms with Crippen molar-refractivity contribution in [2.24, 2.45) is 0 Å². The Morgan fingerprint density at radius 3 is 2.50 bits per heavy atom. The van der Waals surface area contributed by atoms with Crippen LogP contribution in [-0.2, 0) is 0 Å². The summed E-state index contributed by atoms with van der Waals surface area (Å²) in [5.74, 6) is 0. The van der Waals surface area contributed by atoms with Gasteiger partial charge in [-0.25, -0.2) is 0 Å². The highest BCUT2D eigenvalue weighted by atomic mass is 15.3. The van der Waals surface area contributed by atoms with E-state index in [9.17, 15) is 0 Å². The van der Waals surface area contributed by atoms with Gasteiger partial charge in [-0.2, -0.15) is 0 Å². The summed E-state index contributed by atoms with van der Waals surface area (Å²) in [4.78, 5) is 2.70. The van der Waals surface area contributed by atoms with Gasteiger partial charge in [0.25, 0.3) is 0 Å². The van der Waals surface area contributed by atoms with Gasteiger partial charge in [-0.1, -0.05) is 20.3 Å². The number of nitrogens with one attached hydrogen (secondary N) is 1. The van der Waals surface area contributed by atoms with Gasteiger partial charge >= 0.3 is 0 Å². The lowest BCUT2D eigenvalue weighted by molar-refractivity contribution is 0.00574. The van der Waals surface area contributed by atoms with E-state index in [1.165, 1.54) is 25.8 Å². The topological polar surface area (TPSA) is 15.3 Å². The molecule has 0 aromatic heterocycles. The number of nitrogens with zero attached hydrogens (tertiary/aromatic N) is 1. The molecule has 2 atom stereocenters. The van der Waals surface area contributed by atoms with Gasteiger partial charge in [0.1, 0.15) is 0 Å². The smallest absolute Gasteiger partial charge is 0.0278 e. The Morgan fingerprint density at radius 2 is 2.00 bits per heavy atom. The van der Waals surface area contributed by atoms with E-state index in [1.54, 1.807) is 0 Å². The van der Waals surface area contributed by atoms with E-state index < -0.39 is 0 Å². The van der Waals surface area contributed by atoms with Crippen LogP contribution in [0.5, 0.6) is 0 Å². The largest absolute Gasteiger partial charge is 0.309 e. The van der Waals surface area contributed by atoms with Crippen LogP contribution in [0.1, 0.15) is 60.8 Å². The molecule has 1 heterocycles. The molecule has 0 aliphatic carbocycles. The summed E-state index contributed by atoms with van der Waals surface area (Å²) in [5, 5.41) is 3.70. The van der Waals surface area contributed by atoms with Crippen LogP contribution in [0.4, 0.5) is 0 Å². The molecule has 0 bridgehead atoms. The Labute approximate surface area is 102 Å². The van der Waals surface area contributed by atoms with E-state index in [1.807, 2.05) is 0 Å². The van der Waals surface area contributed by atoms with E-state index in [2.05, 4.69) is 51.8 Å². The molecule has 1 rings (SSSR count). The lowest BCUT2D eigenvalue weighted by atomic mass is 9.87. The van der Waals surface area contributed by atoms with Crippen molar-refractivity contribution in [2.45, 2.75) is 77.9 Å². The third-order valence-electron chi connectivity index (χ3n) is 4.30. The van der Waals surface area contributed by atoms with Crippen LogP contribution in [0.3, 0.4) is 0 Å². The summed E-state index contributed by atoms with van der Waals surface area (Å²) in [7, 11) is 0. The average molecular weight is 226 g/mol. The molecule has 2 nitrogen and oxygen atoms in total. The molecule has 2 unspecified atom stereocenters. The molecule has 0 spiro atoms. The first-order valence-corrected chi connectivity index (χ1v) is 6.86. The summed E-state index contributed by atoms with van der Waals surface area (Å²) in [6.07, 6.45) is 3.77. The van der Waals surface area contributed by atoms with E-state index in [0.717, 1.165) is 6.54 Å². The summed E-state index contributed by atoms with van der Waals surface area (Å²) in [5.41, 5.74) is 0.643. The van der Waals surface area contributed by atoms with E-state index in [-0.39, 0.29) is 0 Å². The molecule has 1 saturated heterocycles. The zero-order valence-electron chi connectivity index (χ0n) is 12.1. The van der Waals surface area contributed by atoms with E-state index >= 15 is 0 Å². The standard InChI is InChI=1S/C14H30N2/c1-7-9-13(4,5)16-11-14(6,8-2)15-10-12(16)3/h12,15H,7-11H2,1-6H3. The van der Waals surface area contributed by atoms with Gasteiger partial charge in [-0.05, 0) is 40.5 Å². The zero-order valence-corrected chi connectivity index (χ0v) is 12.1. The molecule has 0 aromatic rings. The minimum absolute atomic E-state index is 0.303. The third kappa shape index (κ3) is 2.98. The van der Waals surface area contributed by atoms with Crippen molar-refractivity contribution >= 4 is 0 Å². The number of hydrogen-bond acceptors (Lipinski definition) is 2. The molecule has 0 aromatic carbocycles. The van der Waals surface area contributed by atoms with Crippen LogP contribution < -0.4 is 5.32 Å². The molecule has 96 valence electrons. The van der Waals surface area contributed by atoms with Gasteiger partial charge in [0, 0.05) is 30.2 Å². The van der Waals surface area contributed by atoms with Crippen molar-refractivity contribution in [3.05, 3.63) is 0 Å².